The molecular formula is C22H28N4O2S. The Morgan fingerprint density at radius 2 is 1.59 bits per heavy atom. The first kappa shape index (κ1) is 21.0. The molecule has 0 aliphatic carbocycles. The maximum Gasteiger partial charge on any atom is 0.323 e. The van der Waals surface area contributed by atoms with Crippen LogP contribution >= 0.6 is 11.8 Å². The van der Waals surface area contributed by atoms with E-state index in [1.54, 1.807) is 17.8 Å². The summed E-state index contributed by atoms with van der Waals surface area (Å²) in [7, 11) is 0. The summed E-state index contributed by atoms with van der Waals surface area (Å²) in [6, 6.07) is 12.9. The Kier molecular flexibility index (Phi) is 7.04. The third-order valence-corrected chi connectivity index (χ3v) is 5.46. The Labute approximate surface area is 176 Å². The molecule has 154 valence electrons. The number of thioether (sulfide) groups is 1. The van der Waals surface area contributed by atoms with Gasteiger partial charge in [-0.1, -0.05) is 0 Å². The first-order valence-corrected chi connectivity index (χ1v) is 11.1. The van der Waals surface area contributed by atoms with Gasteiger partial charge in [0, 0.05) is 41.1 Å². The van der Waals surface area contributed by atoms with Crippen molar-refractivity contribution in [3.05, 3.63) is 48.0 Å². The van der Waals surface area contributed by atoms with Gasteiger partial charge in [-0.3, -0.25) is 4.79 Å². The monoisotopic (exact) mass is 412 g/mol. The molecule has 2 aromatic rings. The van der Waals surface area contributed by atoms with Crippen LogP contribution in [0.5, 0.6) is 0 Å². The number of hydrogen-bond acceptors (Lipinski definition) is 4. The van der Waals surface area contributed by atoms with Crippen molar-refractivity contribution in [1.82, 2.24) is 5.32 Å². The van der Waals surface area contributed by atoms with Gasteiger partial charge in [0.15, 0.2) is 0 Å². The van der Waals surface area contributed by atoms with Gasteiger partial charge >= 0.3 is 6.03 Å². The van der Waals surface area contributed by atoms with Crippen molar-refractivity contribution in [2.75, 3.05) is 34.9 Å². The molecule has 0 atom stereocenters. The largest absolute Gasteiger partial charge is 0.371 e. The normalized spacial score (nSPS) is 13.4. The maximum absolute atomic E-state index is 12.8. The molecule has 0 saturated carbocycles. The highest BCUT2D eigenvalue weighted by molar-refractivity contribution is 7.98. The van der Waals surface area contributed by atoms with E-state index in [4.69, 9.17) is 0 Å². The molecule has 0 unspecified atom stereocenters. The van der Waals surface area contributed by atoms with Gasteiger partial charge in [0.2, 0.25) is 0 Å². The van der Waals surface area contributed by atoms with Crippen LogP contribution in [0.15, 0.2) is 47.4 Å². The summed E-state index contributed by atoms with van der Waals surface area (Å²) in [5, 5.41) is 8.61. The van der Waals surface area contributed by atoms with Crippen LogP contribution in [0.1, 0.15) is 37.0 Å². The van der Waals surface area contributed by atoms with Crippen molar-refractivity contribution in [2.45, 2.75) is 37.6 Å². The predicted octanol–water partition coefficient (Wildman–Crippen LogP) is 4.79. The number of hydrogen-bond donors (Lipinski definition) is 3. The van der Waals surface area contributed by atoms with Crippen molar-refractivity contribution in [3.8, 4) is 0 Å². The van der Waals surface area contributed by atoms with E-state index in [-0.39, 0.29) is 18.0 Å². The minimum absolute atomic E-state index is 0.0399. The number of carbonyl (C=O) groups is 2. The lowest BCUT2D eigenvalue weighted by molar-refractivity contribution is 0.0943. The lowest BCUT2D eigenvalue weighted by Gasteiger charge is -2.22. The number of rotatable bonds is 6. The highest BCUT2D eigenvalue weighted by atomic mass is 32.2. The van der Waals surface area contributed by atoms with E-state index >= 15 is 0 Å². The lowest BCUT2D eigenvalue weighted by atomic mass is 10.1. The fraction of sp³-hybridized carbons (Fsp3) is 0.364. The molecule has 0 aromatic heterocycles. The van der Waals surface area contributed by atoms with Crippen LogP contribution in [0, 0.1) is 0 Å². The Bertz CT molecular complexity index is 862. The fourth-order valence-electron chi connectivity index (χ4n) is 3.34. The number of nitrogens with one attached hydrogen (secondary N) is 3. The number of nitrogens with zero attached hydrogens (tertiary/aromatic N) is 1. The van der Waals surface area contributed by atoms with E-state index in [0.717, 1.165) is 36.5 Å². The van der Waals surface area contributed by atoms with Crippen LogP contribution in [-0.4, -0.2) is 37.3 Å². The molecule has 29 heavy (non-hydrogen) atoms. The molecule has 1 saturated heterocycles. The third kappa shape index (κ3) is 5.67. The zero-order chi connectivity index (χ0) is 20.8. The number of benzene rings is 2. The average molecular weight is 413 g/mol. The van der Waals surface area contributed by atoms with Gasteiger partial charge in [0.05, 0.1) is 5.56 Å². The Hall–Kier alpha value is -2.67. The second-order valence-electron chi connectivity index (χ2n) is 7.36. The molecule has 0 spiro atoms. The molecule has 6 nitrogen and oxygen atoms in total. The van der Waals surface area contributed by atoms with Gasteiger partial charge in [-0.2, -0.15) is 0 Å². The van der Waals surface area contributed by atoms with Crippen LogP contribution in [-0.2, 0) is 0 Å². The molecular weight excluding hydrogens is 384 g/mol. The van der Waals surface area contributed by atoms with Gasteiger partial charge < -0.3 is 20.9 Å². The minimum Gasteiger partial charge on any atom is -0.371 e. The fourth-order valence-corrected chi connectivity index (χ4v) is 3.75. The van der Waals surface area contributed by atoms with E-state index in [2.05, 4.69) is 20.9 Å². The summed E-state index contributed by atoms with van der Waals surface area (Å²) >= 11 is 1.65. The summed E-state index contributed by atoms with van der Waals surface area (Å²) in [5.74, 6) is -0.126. The summed E-state index contributed by atoms with van der Waals surface area (Å²) in [4.78, 5) is 28.5. The van der Waals surface area contributed by atoms with Crippen molar-refractivity contribution in [1.29, 1.82) is 0 Å². The average Bonchev–Trinajstić information content (AvgIpc) is 3.22. The molecule has 2 aromatic carbocycles. The van der Waals surface area contributed by atoms with E-state index in [0.29, 0.717) is 16.9 Å². The van der Waals surface area contributed by atoms with Crippen LogP contribution in [0.25, 0.3) is 0 Å². The van der Waals surface area contributed by atoms with Crippen LogP contribution in [0.4, 0.5) is 21.9 Å². The molecule has 0 radical (unpaired) electrons. The van der Waals surface area contributed by atoms with Crippen LogP contribution in [0.3, 0.4) is 0 Å². The summed E-state index contributed by atoms with van der Waals surface area (Å²) in [5.41, 5.74) is 2.80. The Balaban J connectivity index is 1.75. The summed E-state index contributed by atoms with van der Waals surface area (Å²) in [6.45, 7) is 5.76. The highest BCUT2D eigenvalue weighted by Gasteiger charge is 2.21. The first-order chi connectivity index (χ1) is 14.0. The first-order valence-electron chi connectivity index (χ1n) is 9.88. The smallest absolute Gasteiger partial charge is 0.323 e. The van der Waals surface area contributed by atoms with Gasteiger partial charge in [0.1, 0.15) is 0 Å². The highest BCUT2D eigenvalue weighted by Crippen LogP contribution is 2.28. The maximum atomic E-state index is 12.8. The van der Waals surface area contributed by atoms with Crippen molar-refractivity contribution >= 4 is 40.8 Å². The molecule has 3 rings (SSSR count). The second-order valence-corrected chi connectivity index (χ2v) is 8.24. The van der Waals surface area contributed by atoms with Crippen molar-refractivity contribution in [2.24, 2.45) is 0 Å². The topological polar surface area (TPSA) is 73.5 Å². The summed E-state index contributed by atoms with van der Waals surface area (Å²) in [6.07, 6.45) is 4.26. The Morgan fingerprint density at radius 1 is 0.966 bits per heavy atom. The molecule has 1 heterocycles. The molecule has 1 fully saturated rings. The number of anilines is 3. The molecule has 1 aliphatic heterocycles. The minimum atomic E-state index is -0.342. The van der Waals surface area contributed by atoms with Crippen molar-refractivity contribution in [3.63, 3.8) is 0 Å². The molecule has 3 N–H and O–H groups in total. The summed E-state index contributed by atoms with van der Waals surface area (Å²) < 4.78 is 0. The zero-order valence-corrected chi connectivity index (χ0v) is 17.9. The van der Waals surface area contributed by atoms with E-state index in [1.165, 1.54) is 0 Å². The van der Waals surface area contributed by atoms with E-state index in [1.807, 2.05) is 56.5 Å². The number of amides is 3. The van der Waals surface area contributed by atoms with Crippen LogP contribution < -0.4 is 20.9 Å². The Morgan fingerprint density at radius 3 is 2.21 bits per heavy atom. The van der Waals surface area contributed by atoms with Crippen LogP contribution in [0.2, 0.25) is 0 Å². The quantitative estimate of drug-likeness (QED) is 0.597. The van der Waals surface area contributed by atoms with Gasteiger partial charge in [-0.25, -0.2) is 4.79 Å². The molecule has 1 aliphatic rings. The molecule has 7 heteroatoms. The van der Waals surface area contributed by atoms with E-state index < -0.39 is 0 Å². The predicted molar refractivity (Wildman–Crippen MR) is 121 cm³/mol. The van der Waals surface area contributed by atoms with Gasteiger partial charge in [-0.15, -0.1) is 11.8 Å². The standard InChI is InChI=1S/C22H28N4O2S/c1-15(2)23-21(27)19-14-17(8-11-20(19)26-12-4-5-13-26)25-22(28)24-16-6-9-18(29-3)10-7-16/h6-11,14-15H,4-5,12-13H2,1-3H3,(H,23,27)(H2,24,25,28). The van der Waals surface area contributed by atoms with Gasteiger partial charge in [0.25, 0.3) is 5.91 Å². The van der Waals surface area contributed by atoms with E-state index in [9.17, 15) is 9.59 Å². The number of urea groups is 1. The van der Waals surface area contributed by atoms with Gasteiger partial charge in [-0.05, 0) is 75.4 Å². The SMILES string of the molecule is CSc1ccc(NC(=O)Nc2ccc(N3CCCC3)c(C(=O)NC(C)C)c2)cc1. The molecule has 3 amide bonds. The second kappa shape index (κ2) is 9.69. The number of carbonyl (C=O) groups excluding carboxylic acids is 2. The van der Waals surface area contributed by atoms with Crippen molar-refractivity contribution < 1.29 is 9.59 Å². The zero-order valence-electron chi connectivity index (χ0n) is 17.1. The third-order valence-electron chi connectivity index (χ3n) is 4.71. The molecule has 0 bridgehead atoms. The lowest BCUT2D eigenvalue weighted by Crippen LogP contribution is -2.32.